The maximum absolute atomic E-state index is 12.4. The predicted molar refractivity (Wildman–Crippen MR) is 92.0 cm³/mol. The van der Waals surface area contributed by atoms with E-state index in [4.69, 9.17) is 5.73 Å². The van der Waals surface area contributed by atoms with Crippen LogP contribution in [0.1, 0.15) is 0 Å². The molecule has 0 aliphatic carbocycles. The molecular weight excluding hydrogens is 402 g/mol. The monoisotopic (exact) mass is 416 g/mol. The summed E-state index contributed by atoms with van der Waals surface area (Å²) in [6, 6.07) is 2.26. The Hall–Kier alpha value is -2.05. The van der Waals surface area contributed by atoms with Crippen LogP contribution in [0.5, 0.6) is 0 Å². The van der Waals surface area contributed by atoms with E-state index in [0.29, 0.717) is 5.69 Å². The van der Waals surface area contributed by atoms with E-state index in [1.165, 1.54) is 18.5 Å². The van der Waals surface area contributed by atoms with Crippen LogP contribution in [0.2, 0.25) is 0 Å². The summed E-state index contributed by atoms with van der Waals surface area (Å²) in [6.45, 7) is 0. The van der Waals surface area contributed by atoms with Gasteiger partial charge in [0, 0.05) is 22.9 Å². The number of pyridine rings is 2. The zero-order valence-electron chi connectivity index (χ0n) is 13.0. The number of nitrogens with one attached hydrogen (secondary N) is 1. The Morgan fingerprint density at radius 1 is 0.960 bits per heavy atom. The average Bonchev–Trinajstić information content (AvgIpc) is 2.34. The molecular formula is C12H15ClF2N4O4S2. The maximum atomic E-state index is 12.4. The van der Waals surface area contributed by atoms with Crippen molar-refractivity contribution in [3.8, 4) is 0 Å². The minimum Gasteiger partial charge on any atom is -0.397 e. The van der Waals surface area contributed by atoms with Crippen LogP contribution in [0.4, 0.5) is 20.2 Å². The van der Waals surface area contributed by atoms with Gasteiger partial charge in [0.05, 0.1) is 42.5 Å². The molecule has 2 rings (SSSR count). The van der Waals surface area contributed by atoms with Crippen LogP contribution >= 0.6 is 10.7 Å². The average molecular weight is 417 g/mol. The second-order valence-corrected chi connectivity index (χ2v) is 9.18. The molecule has 0 fully saturated rings. The molecule has 2 heterocycles. The molecule has 140 valence electrons. The number of nitrogens with zero attached hydrogens (tertiary/aromatic N) is 2. The molecule has 0 unspecified atom stereocenters. The lowest BCUT2D eigenvalue weighted by Crippen LogP contribution is -2.09. The van der Waals surface area contributed by atoms with Gasteiger partial charge in [0.1, 0.15) is 11.6 Å². The number of nitrogen functional groups attached to an aromatic ring is 1. The van der Waals surface area contributed by atoms with Crippen LogP contribution in [0, 0.1) is 11.6 Å². The lowest BCUT2D eigenvalue weighted by Gasteiger charge is -2.01. The molecule has 3 N–H and O–H groups in total. The molecule has 0 spiro atoms. The largest absolute Gasteiger partial charge is 0.397 e. The maximum Gasteiger partial charge on any atom is 0.229 e. The quantitative estimate of drug-likeness (QED) is 0.710. The second-order valence-electron chi connectivity index (χ2n) is 4.38. The fraction of sp³-hybridized carbons (Fsp3) is 0.167. The van der Waals surface area contributed by atoms with Gasteiger partial charge in [-0.2, -0.15) is 0 Å². The van der Waals surface area contributed by atoms with Gasteiger partial charge in [0.2, 0.25) is 19.1 Å². The van der Waals surface area contributed by atoms with Crippen molar-refractivity contribution in [3.63, 3.8) is 0 Å². The summed E-state index contributed by atoms with van der Waals surface area (Å²) < 4.78 is 66.7. The van der Waals surface area contributed by atoms with Gasteiger partial charge < -0.3 is 5.73 Å². The summed E-state index contributed by atoms with van der Waals surface area (Å²) in [5.74, 6) is -0.978. The van der Waals surface area contributed by atoms with Crippen molar-refractivity contribution in [2.24, 2.45) is 0 Å². The summed E-state index contributed by atoms with van der Waals surface area (Å²) in [4.78, 5) is 6.95. The van der Waals surface area contributed by atoms with Crippen LogP contribution < -0.4 is 10.5 Å². The van der Waals surface area contributed by atoms with Crippen molar-refractivity contribution in [3.05, 3.63) is 48.6 Å². The third-order valence-corrected chi connectivity index (χ3v) is 2.34. The van der Waals surface area contributed by atoms with Gasteiger partial charge in [-0.05, 0) is 6.07 Å². The van der Waals surface area contributed by atoms with Crippen molar-refractivity contribution in [1.82, 2.24) is 9.97 Å². The van der Waals surface area contributed by atoms with E-state index in [1.807, 2.05) is 0 Å². The van der Waals surface area contributed by atoms with Gasteiger partial charge in [0.25, 0.3) is 0 Å². The number of anilines is 2. The highest BCUT2D eigenvalue weighted by Crippen LogP contribution is 2.07. The minimum atomic E-state index is -3.35. The number of rotatable bonds is 2. The number of hydrogen-bond donors (Lipinski definition) is 2. The van der Waals surface area contributed by atoms with Crippen LogP contribution in [-0.2, 0) is 19.1 Å². The van der Waals surface area contributed by atoms with Crippen molar-refractivity contribution in [2.45, 2.75) is 0 Å². The fourth-order valence-corrected chi connectivity index (χ4v) is 1.65. The highest BCUT2D eigenvalue weighted by Gasteiger charge is 2.02. The molecule has 0 bridgehead atoms. The van der Waals surface area contributed by atoms with E-state index in [1.54, 1.807) is 0 Å². The van der Waals surface area contributed by atoms with E-state index in [0.717, 1.165) is 31.0 Å². The van der Waals surface area contributed by atoms with Crippen LogP contribution in [0.3, 0.4) is 0 Å². The van der Waals surface area contributed by atoms with Gasteiger partial charge in [-0.3, -0.25) is 14.7 Å². The first-order valence-corrected chi connectivity index (χ1v) is 10.7. The first kappa shape index (κ1) is 22.9. The fourth-order valence-electron chi connectivity index (χ4n) is 1.11. The van der Waals surface area contributed by atoms with Crippen molar-refractivity contribution in [1.29, 1.82) is 0 Å². The zero-order chi connectivity index (χ0) is 19.7. The highest BCUT2D eigenvalue weighted by molar-refractivity contribution is 8.13. The minimum absolute atomic E-state index is 0.123. The Morgan fingerprint density at radius 3 is 1.72 bits per heavy atom. The highest BCUT2D eigenvalue weighted by atomic mass is 35.7. The van der Waals surface area contributed by atoms with Crippen LogP contribution in [0.15, 0.2) is 36.9 Å². The molecule has 0 aliphatic rings. The Labute approximate surface area is 148 Å². The summed E-state index contributed by atoms with van der Waals surface area (Å²) in [5, 5.41) is 0. The number of nitrogens with two attached hydrogens (primary N) is 1. The topological polar surface area (TPSA) is 132 Å². The number of halogens is 3. The van der Waals surface area contributed by atoms with Gasteiger partial charge in [-0.1, -0.05) is 0 Å². The number of hydrogen-bond acceptors (Lipinski definition) is 7. The lowest BCUT2D eigenvalue weighted by atomic mass is 10.4. The molecule has 0 radical (unpaired) electrons. The van der Waals surface area contributed by atoms with Crippen molar-refractivity contribution >= 4 is 41.1 Å². The molecule has 0 atom stereocenters. The summed E-state index contributed by atoms with van der Waals surface area (Å²) >= 11 is 0. The standard InChI is InChI=1S/C6H7FN2O2S.C5H5FN2.CH3ClO2S/c1-12(10,11)9-6-2-5(7)3-8-4-6;6-4-1-5(7)3-8-2-4;1-5(2,3)4/h2-4,9H,1H3;1-3H,7H2;1H3. The smallest absolute Gasteiger partial charge is 0.229 e. The number of aromatic nitrogens is 2. The molecule has 8 nitrogen and oxygen atoms in total. The SMILES string of the molecule is CS(=O)(=O)Cl.CS(=O)(=O)Nc1cncc(F)c1.Nc1cncc(F)c1. The van der Waals surface area contributed by atoms with E-state index < -0.39 is 30.7 Å². The Kier molecular flexibility index (Phi) is 9.23. The van der Waals surface area contributed by atoms with Crippen molar-refractivity contribution in [2.75, 3.05) is 23.0 Å². The Morgan fingerprint density at radius 2 is 1.40 bits per heavy atom. The van der Waals surface area contributed by atoms with E-state index in [9.17, 15) is 25.6 Å². The van der Waals surface area contributed by atoms with E-state index in [2.05, 4.69) is 25.4 Å². The molecule has 0 saturated carbocycles. The molecule has 2 aromatic rings. The van der Waals surface area contributed by atoms with Gasteiger partial charge in [-0.25, -0.2) is 25.6 Å². The summed E-state index contributed by atoms with van der Waals surface area (Å²) in [5.41, 5.74) is 5.63. The molecule has 0 amide bonds. The molecule has 0 aromatic carbocycles. The lowest BCUT2D eigenvalue weighted by molar-refractivity contribution is 0.606. The zero-order valence-corrected chi connectivity index (χ0v) is 15.4. The predicted octanol–water partition coefficient (Wildman–Crippen LogP) is 1.58. The molecule has 0 saturated heterocycles. The normalized spacial score (nSPS) is 10.6. The van der Waals surface area contributed by atoms with Crippen molar-refractivity contribution < 1.29 is 25.6 Å². The van der Waals surface area contributed by atoms with Gasteiger partial charge >= 0.3 is 0 Å². The third kappa shape index (κ3) is 16.6. The van der Waals surface area contributed by atoms with Crippen LogP contribution in [-0.4, -0.2) is 39.3 Å². The first-order valence-electron chi connectivity index (χ1n) is 6.10. The summed E-state index contributed by atoms with van der Waals surface area (Å²) in [6.07, 6.45) is 6.63. The van der Waals surface area contributed by atoms with Gasteiger partial charge in [0.15, 0.2) is 0 Å². The molecule has 0 aliphatic heterocycles. The Bertz CT molecular complexity index is 870. The Balaban J connectivity index is 0.000000382. The molecule has 13 heteroatoms. The van der Waals surface area contributed by atoms with E-state index in [-0.39, 0.29) is 5.69 Å². The molecule has 25 heavy (non-hydrogen) atoms. The van der Waals surface area contributed by atoms with E-state index >= 15 is 0 Å². The number of sulfonamides is 1. The van der Waals surface area contributed by atoms with Gasteiger partial charge in [-0.15, -0.1) is 0 Å². The third-order valence-electron chi connectivity index (χ3n) is 1.73. The second kappa shape index (κ2) is 10.1. The molecule has 2 aromatic heterocycles. The summed E-state index contributed by atoms with van der Waals surface area (Å²) in [7, 11) is -2.04. The first-order chi connectivity index (χ1) is 11.3. The van der Waals surface area contributed by atoms with Crippen LogP contribution in [0.25, 0.3) is 0 Å².